The Morgan fingerprint density at radius 2 is 1.64 bits per heavy atom. The predicted molar refractivity (Wildman–Crippen MR) is 151 cm³/mol. The molecule has 2 amide bonds. The van der Waals surface area contributed by atoms with Crippen LogP contribution in [0.2, 0.25) is 5.02 Å². The zero-order valence-electron chi connectivity index (χ0n) is 22.4. The van der Waals surface area contributed by atoms with Gasteiger partial charge >= 0.3 is 0 Å². The smallest absolute Gasteiger partial charge is 0.264 e. The Morgan fingerprint density at radius 1 is 1.00 bits per heavy atom. The molecule has 0 radical (unpaired) electrons. The summed E-state index contributed by atoms with van der Waals surface area (Å²) < 4.78 is 42.3. The lowest BCUT2D eigenvalue weighted by Gasteiger charge is -2.32. The van der Waals surface area contributed by atoms with Crippen molar-refractivity contribution in [2.75, 3.05) is 10.8 Å². The zero-order valence-corrected chi connectivity index (χ0v) is 24.0. The normalized spacial score (nSPS) is 12.9. The molecule has 0 saturated carbocycles. The molecule has 0 aliphatic carbocycles. The first-order valence-corrected chi connectivity index (χ1v) is 14.4. The van der Waals surface area contributed by atoms with Crippen molar-refractivity contribution < 1.29 is 22.4 Å². The molecule has 208 valence electrons. The fourth-order valence-corrected chi connectivity index (χ4v) is 5.51. The second-order valence-electron chi connectivity index (χ2n) is 9.37. The number of nitrogens with zero attached hydrogens (tertiary/aromatic N) is 2. The second-order valence-corrected chi connectivity index (χ2v) is 11.6. The average molecular weight is 574 g/mol. The first-order chi connectivity index (χ1) is 18.4. The maximum atomic E-state index is 14.0. The summed E-state index contributed by atoms with van der Waals surface area (Å²) in [6, 6.07) is 17.5. The second kappa shape index (κ2) is 13.1. The van der Waals surface area contributed by atoms with Gasteiger partial charge in [-0.1, -0.05) is 61.0 Å². The highest BCUT2D eigenvalue weighted by Crippen LogP contribution is 2.28. The molecule has 0 bridgehead atoms. The van der Waals surface area contributed by atoms with Crippen molar-refractivity contribution in [3.63, 3.8) is 0 Å². The van der Waals surface area contributed by atoms with Crippen LogP contribution in [0.3, 0.4) is 0 Å². The molecule has 1 N–H and O–H groups in total. The van der Waals surface area contributed by atoms with Crippen molar-refractivity contribution >= 4 is 39.1 Å². The minimum absolute atomic E-state index is 0.0196. The number of carbonyl (C=O) groups is 2. The molecule has 0 spiro atoms. The minimum atomic E-state index is -4.26. The first kappa shape index (κ1) is 30.1. The van der Waals surface area contributed by atoms with E-state index in [1.807, 2.05) is 45.0 Å². The van der Waals surface area contributed by atoms with Crippen molar-refractivity contribution in [3.05, 3.63) is 94.8 Å². The van der Waals surface area contributed by atoms with Crippen LogP contribution in [0, 0.1) is 12.7 Å². The topological polar surface area (TPSA) is 86.8 Å². The van der Waals surface area contributed by atoms with E-state index < -0.39 is 34.3 Å². The highest BCUT2D eigenvalue weighted by atomic mass is 35.5. The highest BCUT2D eigenvalue weighted by Gasteiger charge is 2.33. The van der Waals surface area contributed by atoms with E-state index in [0.717, 1.165) is 27.6 Å². The summed E-state index contributed by atoms with van der Waals surface area (Å²) >= 11 is 5.99. The monoisotopic (exact) mass is 573 g/mol. The van der Waals surface area contributed by atoms with Gasteiger partial charge in [0.25, 0.3) is 10.0 Å². The van der Waals surface area contributed by atoms with Crippen LogP contribution < -0.4 is 9.62 Å². The number of nitrogens with one attached hydrogen (secondary N) is 1. The lowest BCUT2D eigenvalue weighted by atomic mass is 10.1. The fraction of sp³-hybridized carbons (Fsp3) is 0.310. The highest BCUT2D eigenvalue weighted by molar-refractivity contribution is 7.92. The standard InChI is InChI=1S/C29H33ClFN3O4S/c1-5-21(3)32-29(36)22(4)33(18-23-12-10-9-11-20(23)2)28(35)19-34(24-15-16-27(31)26(30)17-24)39(37,38)25-13-7-6-8-14-25/h6-17,21-22H,5,18-19H2,1-4H3,(H,32,36)/t21-,22-/m0/s1. The van der Waals surface area contributed by atoms with E-state index in [0.29, 0.717) is 6.42 Å². The van der Waals surface area contributed by atoms with Crippen molar-refractivity contribution in [1.29, 1.82) is 0 Å². The van der Waals surface area contributed by atoms with Gasteiger partial charge in [-0.05, 0) is 68.7 Å². The maximum Gasteiger partial charge on any atom is 0.264 e. The molecule has 0 saturated heterocycles. The third kappa shape index (κ3) is 7.36. The van der Waals surface area contributed by atoms with Crippen LogP contribution >= 0.6 is 11.6 Å². The van der Waals surface area contributed by atoms with Crippen molar-refractivity contribution in [2.45, 2.75) is 57.6 Å². The number of aryl methyl sites for hydroxylation is 1. The molecule has 0 heterocycles. The molecule has 0 unspecified atom stereocenters. The van der Waals surface area contributed by atoms with Gasteiger partial charge in [0.2, 0.25) is 11.8 Å². The molecule has 0 aromatic heterocycles. The van der Waals surface area contributed by atoms with Crippen LogP contribution in [0.5, 0.6) is 0 Å². The number of carbonyl (C=O) groups excluding carboxylic acids is 2. The van der Waals surface area contributed by atoms with Crippen molar-refractivity contribution in [1.82, 2.24) is 10.2 Å². The van der Waals surface area contributed by atoms with Gasteiger partial charge in [-0.25, -0.2) is 12.8 Å². The quantitative estimate of drug-likeness (QED) is 0.337. The summed E-state index contributed by atoms with van der Waals surface area (Å²) in [7, 11) is -4.26. The number of benzene rings is 3. The lowest BCUT2D eigenvalue weighted by molar-refractivity contribution is -0.139. The zero-order chi connectivity index (χ0) is 28.7. The number of hydrogen-bond acceptors (Lipinski definition) is 4. The van der Waals surface area contributed by atoms with Gasteiger partial charge in [-0.2, -0.15) is 0 Å². The molecular formula is C29H33ClFN3O4S. The van der Waals surface area contributed by atoms with E-state index in [9.17, 15) is 22.4 Å². The lowest BCUT2D eigenvalue weighted by Crippen LogP contribution is -2.52. The largest absolute Gasteiger partial charge is 0.352 e. The third-order valence-corrected chi connectivity index (χ3v) is 8.65. The molecule has 39 heavy (non-hydrogen) atoms. The van der Waals surface area contributed by atoms with Gasteiger partial charge in [-0.15, -0.1) is 0 Å². The minimum Gasteiger partial charge on any atom is -0.352 e. The molecule has 7 nitrogen and oxygen atoms in total. The van der Waals surface area contributed by atoms with Crippen LogP contribution in [0.25, 0.3) is 0 Å². The van der Waals surface area contributed by atoms with Crippen LogP contribution in [0.15, 0.2) is 77.7 Å². The summed E-state index contributed by atoms with van der Waals surface area (Å²) in [6.45, 7) is 6.76. The summed E-state index contributed by atoms with van der Waals surface area (Å²) in [4.78, 5) is 28.3. The predicted octanol–water partition coefficient (Wildman–Crippen LogP) is 5.31. The van der Waals surface area contributed by atoms with E-state index in [-0.39, 0.29) is 34.1 Å². The Hall–Kier alpha value is -3.43. The SMILES string of the molecule is CC[C@H](C)NC(=O)[C@H](C)N(Cc1ccccc1C)C(=O)CN(c1ccc(F)c(Cl)c1)S(=O)(=O)c1ccccc1. The molecule has 0 aliphatic rings. The number of anilines is 1. The molecule has 0 aliphatic heterocycles. The van der Waals surface area contributed by atoms with Crippen LogP contribution in [0.1, 0.15) is 38.3 Å². The molecule has 3 aromatic carbocycles. The third-order valence-electron chi connectivity index (χ3n) is 6.57. The Bertz CT molecular complexity index is 1420. The number of amides is 2. The summed E-state index contributed by atoms with van der Waals surface area (Å²) in [6.07, 6.45) is 0.707. The Kier molecular flexibility index (Phi) is 10.1. The molecule has 0 fully saturated rings. The van der Waals surface area contributed by atoms with Gasteiger partial charge in [0.1, 0.15) is 18.4 Å². The molecule has 2 atom stereocenters. The summed E-state index contributed by atoms with van der Waals surface area (Å²) in [5.41, 5.74) is 1.76. The Morgan fingerprint density at radius 3 is 2.26 bits per heavy atom. The molecule has 10 heteroatoms. The van der Waals surface area contributed by atoms with Crippen molar-refractivity contribution in [2.24, 2.45) is 0 Å². The van der Waals surface area contributed by atoms with Crippen molar-refractivity contribution in [3.8, 4) is 0 Å². The van der Waals surface area contributed by atoms with E-state index in [4.69, 9.17) is 11.6 Å². The van der Waals surface area contributed by atoms with Crippen LogP contribution in [0.4, 0.5) is 10.1 Å². The van der Waals surface area contributed by atoms with E-state index in [1.54, 1.807) is 25.1 Å². The number of rotatable bonds is 11. The number of halogens is 2. The maximum absolute atomic E-state index is 14.0. The molecular weight excluding hydrogens is 541 g/mol. The van der Waals surface area contributed by atoms with Crippen LogP contribution in [-0.2, 0) is 26.2 Å². The van der Waals surface area contributed by atoms with Gasteiger partial charge in [0.05, 0.1) is 15.6 Å². The van der Waals surface area contributed by atoms with Crippen LogP contribution in [-0.4, -0.2) is 43.8 Å². The average Bonchev–Trinajstić information content (AvgIpc) is 2.92. The Labute approximate surface area is 234 Å². The number of hydrogen-bond donors (Lipinski definition) is 1. The van der Waals surface area contributed by atoms with E-state index >= 15 is 0 Å². The fourth-order valence-electron chi connectivity index (χ4n) is 3.91. The summed E-state index contributed by atoms with van der Waals surface area (Å²) in [5, 5.41) is 2.61. The van der Waals surface area contributed by atoms with Gasteiger partial charge < -0.3 is 10.2 Å². The van der Waals surface area contributed by atoms with E-state index in [2.05, 4.69) is 5.32 Å². The molecule has 3 rings (SSSR count). The number of sulfonamides is 1. The first-order valence-electron chi connectivity index (χ1n) is 12.6. The molecule has 3 aromatic rings. The van der Waals surface area contributed by atoms with Gasteiger partial charge in [-0.3, -0.25) is 13.9 Å². The van der Waals surface area contributed by atoms with E-state index in [1.165, 1.54) is 23.1 Å². The van der Waals surface area contributed by atoms with Gasteiger partial charge in [0.15, 0.2) is 0 Å². The summed E-state index contributed by atoms with van der Waals surface area (Å²) in [5.74, 6) is -1.68. The Balaban J connectivity index is 2.05. The van der Waals surface area contributed by atoms with Gasteiger partial charge in [0, 0.05) is 12.6 Å².